The third kappa shape index (κ3) is 3.15. The fraction of sp³-hybridized carbons (Fsp3) is 0.308. The summed E-state index contributed by atoms with van der Waals surface area (Å²) in [5.41, 5.74) is 2.72. The molecular formula is C13H16N2S. The number of rotatable bonds is 5. The molecule has 0 aliphatic carbocycles. The van der Waals surface area contributed by atoms with Gasteiger partial charge in [-0.05, 0) is 17.5 Å². The first-order chi connectivity index (χ1) is 7.88. The standard InChI is InChI=1S/C13H16N2S/c1-2-11-3-5-12(6-4-11)9-14-10-13-15-7-8-16-13/h3-8,14H,2,9-10H2,1H3. The molecule has 0 saturated heterocycles. The molecular weight excluding hydrogens is 216 g/mol. The Bertz CT molecular complexity index is 406. The second-order valence-corrected chi connectivity index (χ2v) is 4.68. The Labute approximate surface area is 100 Å². The van der Waals surface area contributed by atoms with Crippen molar-refractivity contribution in [3.8, 4) is 0 Å². The van der Waals surface area contributed by atoms with E-state index in [1.807, 2.05) is 11.6 Å². The van der Waals surface area contributed by atoms with Gasteiger partial charge >= 0.3 is 0 Å². The zero-order valence-corrected chi connectivity index (χ0v) is 10.3. The molecule has 0 spiro atoms. The van der Waals surface area contributed by atoms with Crippen LogP contribution >= 0.6 is 11.3 Å². The van der Waals surface area contributed by atoms with Crippen molar-refractivity contribution in [2.45, 2.75) is 26.4 Å². The van der Waals surface area contributed by atoms with Gasteiger partial charge in [-0.2, -0.15) is 0 Å². The van der Waals surface area contributed by atoms with Gasteiger partial charge in [0.05, 0.1) is 0 Å². The molecule has 1 heterocycles. The number of thiazole rings is 1. The van der Waals surface area contributed by atoms with E-state index in [1.54, 1.807) is 11.3 Å². The maximum absolute atomic E-state index is 4.23. The highest BCUT2D eigenvalue weighted by Crippen LogP contribution is 2.06. The highest BCUT2D eigenvalue weighted by molar-refractivity contribution is 7.09. The molecule has 2 nitrogen and oxygen atoms in total. The number of aromatic nitrogens is 1. The van der Waals surface area contributed by atoms with Crippen LogP contribution in [0.15, 0.2) is 35.8 Å². The first-order valence-corrected chi connectivity index (χ1v) is 6.43. The summed E-state index contributed by atoms with van der Waals surface area (Å²) >= 11 is 1.69. The molecule has 1 aromatic carbocycles. The van der Waals surface area contributed by atoms with Gasteiger partial charge in [0.15, 0.2) is 0 Å². The van der Waals surface area contributed by atoms with Crippen LogP contribution in [0, 0.1) is 0 Å². The van der Waals surface area contributed by atoms with Crippen LogP contribution in [0.4, 0.5) is 0 Å². The maximum atomic E-state index is 4.23. The SMILES string of the molecule is CCc1ccc(CNCc2nccs2)cc1. The number of hydrogen-bond acceptors (Lipinski definition) is 3. The third-order valence-corrected chi connectivity index (χ3v) is 3.30. The Hall–Kier alpha value is -1.19. The van der Waals surface area contributed by atoms with E-state index in [2.05, 4.69) is 41.5 Å². The van der Waals surface area contributed by atoms with Gasteiger partial charge in [0.25, 0.3) is 0 Å². The fourth-order valence-electron chi connectivity index (χ4n) is 1.55. The zero-order chi connectivity index (χ0) is 11.2. The maximum Gasteiger partial charge on any atom is 0.106 e. The summed E-state index contributed by atoms with van der Waals surface area (Å²) in [5.74, 6) is 0. The van der Waals surface area contributed by atoms with E-state index in [4.69, 9.17) is 0 Å². The Balaban J connectivity index is 1.81. The van der Waals surface area contributed by atoms with E-state index in [0.29, 0.717) is 0 Å². The van der Waals surface area contributed by atoms with Crippen LogP contribution in [0.5, 0.6) is 0 Å². The predicted molar refractivity (Wildman–Crippen MR) is 68.5 cm³/mol. The molecule has 84 valence electrons. The van der Waals surface area contributed by atoms with Crippen molar-refractivity contribution in [3.05, 3.63) is 52.0 Å². The monoisotopic (exact) mass is 232 g/mol. The van der Waals surface area contributed by atoms with Gasteiger partial charge in [-0.1, -0.05) is 31.2 Å². The lowest BCUT2D eigenvalue weighted by atomic mass is 10.1. The van der Waals surface area contributed by atoms with E-state index < -0.39 is 0 Å². The minimum absolute atomic E-state index is 0.854. The molecule has 0 radical (unpaired) electrons. The van der Waals surface area contributed by atoms with Crippen molar-refractivity contribution in [2.24, 2.45) is 0 Å². The quantitative estimate of drug-likeness (QED) is 0.857. The normalized spacial score (nSPS) is 10.6. The van der Waals surface area contributed by atoms with Crippen LogP contribution < -0.4 is 5.32 Å². The summed E-state index contributed by atoms with van der Waals surface area (Å²) in [5, 5.41) is 6.54. The first-order valence-electron chi connectivity index (χ1n) is 5.55. The summed E-state index contributed by atoms with van der Waals surface area (Å²) in [6, 6.07) is 8.77. The molecule has 0 atom stereocenters. The van der Waals surface area contributed by atoms with E-state index >= 15 is 0 Å². The Morgan fingerprint density at radius 3 is 2.50 bits per heavy atom. The van der Waals surface area contributed by atoms with Gasteiger partial charge in [0.2, 0.25) is 0 Å². The summed E-state index contributed by atoms with van der Waals surface area (Å²) in [6.45, 7) is 3.94. The molecule has 0 fully saturated rings. The van der Waals surface area contributed by atoms with Gasteiger partial charge in [0.1, 0.15) is 5.01 Å². The third-order valence-electron chi connectivity index (χ3n) is 2.52. The molecule has 0 saturated carbocycles. The van der Waals surface area contributed by atoms with Crippen molar-refractivity contribution in [3.63, 3.8) is 0 Å². The summed E-state index contributed by atoms with van der Waals surface area (Å²) in [6.07, 6.45) is 2.95. The Morgan fingerprint density at radius 2 is 1.88 bits per heavy atom. The second kappa shape index (κ2) is 5.77. The molecule has 3 heteroatoms. The lowest BCUT2D eigenvalue weighted by molar-refractivity contribution is 0.690. The molecule has 0 bridgehead atoms. The lowest BCUT2D eigenvalue weighted by Gasteiger charge is -2.04. The number of nitrogens with zero attached hydrogens (tertiary/aromatic N) is 1. The molecule has 1 aromatic heterocycles. The van der Waals surface area contributed by atoms with Crippen LogP contribution in [-0.4, -0.2) is 4.98 Å². The van der Waals surface area contributed by atoms with Crippen molar-refractivity contribution < 1.29 is 0 Å². The molecule has 1 N–H and O–H groups in total. The average molecular weight is 232 g/mol. The van der Waals surface area contributed by atoms with Crippen LogP contribution in [-0.2, 0) is 19.5 Å². The van der Waals surface area contributed by atoms with Gasteiger partial charge in [-0.15, -0.1) is 11.3 Å². The van der Waals surface area contributed by atoms with Crippen LogP contribution in [0.2, 0.25) is 0 Å². The molecule has 2 aromatic rings. The molecule has 0 amide bonds. The van der Waals surface area contributed by atoms with E-state index in [1.165, 1.54) is 11.1 Å². The van der Waals surface area contributed by atoms with Crippen molar-refractivity contribution in [1.82, 2.24) is 10.3 Å². The lowest BCUT2D eigenvalue weighted by Crippen LogP contribution is -2.12. The summed E-state index contributed by atoms with van der Waals surface area (Å²) in [4.78, 5) is 4.23. The zero-order valence-electron chi connectivity index (χ0n) is 9.44. The fourth-order valence-corrected chi connectivity index (χ4v) is 2.13. The predicted octanol–water partition coefficient (Wildman–Crippen LogP) is 3.00. The van der Waals surface area contributed by atoms with Crippen molar-refractivity contribution in [2.75, 3.05) is 0 Å². The van der Waals surface area contributed by atoms with Crippen molar-refractivity contribution >= 4 is 11.3 Å². The molecule has 0 aliphatic rings. The van der Waals surface area contributed by atoms with Crippen LogP contribution in [0.25, 0.3) is 0 Å². The smallest absolute Gasteiger partial charge is 0.106 e. The molecule has 0 aliphatic heterocycles. The molecule has 16 heavy (non-hydrogen) atoms. The Morgan fingerprint density at radius 1 is 1.12 bits per heavy atom. The van der Waals surface area contributed by atoms with Gasteiger partial charge in [-0.3, -0.25) is 0 Å². The van der Waals surface area contributed by atoms with Gasteiger partial charge in [-0.25, -0.2) is 4.98 Å². The number of benzene rings is 1. The van der Waals surface area contributed by atoms with Crippen LogP contribution in [0.1, 0.15) is 23.1 Å². The number of aryl methyl sites for hydroxylation is 1. The second-order valence-electron chi connectivity index (χ2n) is 3.70. The summed E-state index contributed by atoms with van der Waals surface area (Å²) in [7, 11) is 0. The van der Waals surface area contributed by atoms with Crippen molar-refractivity contribution in [1.29, 1.82) is 0 Å². The Kier molecular flexibility index (Phi) is 4.08. The van der Waals surface area contributed by atoms with Crippen LogP contribution in [0.3, 0.4) is 0 Å². The van der Waals surface area contributed by atoms with E-state index in [9.17, 15) is 0 Å². The highest BCUT2D eigenvalue weighted by Gasteiger charge is 1.96. The topological polar surface area (TPSA) is 24.9 Å². The number of hydrogen-bond donors (Lipinski definition) is 1. The minimum Gasteiger partial charge on any atom is -0.306 e. The van der Waals surface area contributed by atoms with E-state index in [-0.39, 0.29) is 0 Å². The van der Waals surface area contributed by atoms with Gasteiger partial charge in [0, 0.05) is 24.7 Å². The molecule has 0 unspecified atom stereocenters. The minimum atomic E-state index is 0.854. The first kappa shape index (κ1) is 11.3. The largest absolute Gasteiger partial charge is 0.306 e. The average Bonchev–Trinajstić information content (AvgIpc) is 2.83. The molecule has 2 rings (SSSR count). The summed E-state index contributed by atoms with van der Waals surface area (Å²) < 4.78 is 0. The van der Waals surface area contributed by atoms with Gasteiger partial charge < -0.3 is 5.32 Å². The van der Waals surface area contributed by atoms with E-state index in [0.717, 1.165) is 24.5 Å². The number of nitrogens with one attached hydrogen (secondary N) is 1. The highest BCUT2D eigenvalue weighted by atomic mass is 32.1.